The SMILES string of the molecule is O=C(CC12CC3CC(CC(C3)C1)C2)N1CCN(CCN2C(=O)[C@H]3[C@H]4CC[C@@H](C4)[C@@H]3C2=O)CC1. The number of rotatable bonds is 5. The Kier molecular flexibility index (Phi) is 4.77. The summed E-state index contributed by atoms with van der Waals surface area (Å²) in [6.07, 6.45) is 12.3. The second-order valence-corrected chi connectivity index (χ2v) is 13.0. The minimum absolute atomic E-state index is 0.00435. The van der Waals surface area contributed by atoms with Crippen LogP contribution in [-0.4, -0.2) is 71.7 Å². The molecule has 2 aliphatic heterocycles. The van der Waals surface area contributed by atoms with Crippen LogP contribution in [0.4, 0.5) is 0 Å². The number of imide groups is 1. The molecular formula is C27H39N3O3. The predicted molar refractivity (Wildman–Crippen MR) is 123 cm³/mol. The van der Waals surface area contributed by atoms with Gasteiger partial charge in [-0.1, -0.05) is 0 Å². The molecule has 0 aromatic heterocycles. The van der Waals surface area contributed by atoms with Crippen molar-refractivity contribution in [2.45, 2.75) is 64.2 Å². The molecule has 8 fully saturated rings. The quantitative estimate of drug-likeness (QED) is 0.601. The normalized spacial score (nSPS) is 46.0. The fourth-order valence-corrected chi connectivity index (χ4v) is 10.1. The molecule has 0 aromatic carbocycles. The van der Waals surface area contributed by atoms with Gasteiger partial charge in [-0.15, -0.1) is 0 Å². The molecule has 0 aromatic rings. The van der Waals surface area contributed by atoms with E-state index in [1.807, 2.05) is 0 Å². The summed E-state index contributed by atoms with van der Waals surface area (Å²) >= 11 is 0. The van der Waals surface area contributed by atoms with Crippen molar-refractivity contribution in [1.29, 1.82) is 0 Å². The standard InChI is InChI=1S/C27H39N3O3/c31-22(16-27-13-17-9-18(14-27)11-19(10-17)15-27)29-6-3-28(4-7-29)5-8-30-25(32)23-20-1-2-21(12-20)24(23)26(30)33/h17-21,23-24H,1-16H2/t17?,18?,19?,20-,21-,23-,24-,27?/m0/s1. The number of likely N-dealkylation sites (tertiary alicyclic amines) is 1. The summed E-state index contributed by atoms with van der Waals surface area (Å²) in [7, 11) is 0. The third-order valence-electron chi connectivity index (χ3n) is 11.1. The van der Waals surface area contributed by atoms with E-state index in [1.165, 1.54) is 38.5 Å². The first-order valence-corrected chi connectivity index (χ1v) is 13.8. The Morgan fingerprint density at radius 1 is 0.758 bits per heavy atom. The van der Waals surface area contributed by atoms with E-state index in [9.17, 15) is 14.4 Å². The highest BCUT2D eigenvalue weighted by Gasteiger charge is 2.60. The third kappa shape index (κ3) is 3.33. The molecule has 8 rings (SSSR count). The summed E-state index contributed by atoms with van der Waals surface area (Å²) in [6.45, 7) is 4.60. The zero-order valence-corrected chi connectivity index (χ0v) is 19.9. The molecule has 6 aliphatic carbocycles. The highest BCUT2D eigenvalue weighted by atomic mass is 16.2. The first kappa shape index (κ1) is 20.9. The predicted octanol–water partition coefficient (Wildman–Crippen LogP) is 2.77. The molecule has 0 spiro atoms. The van der Waals surface area contributed by atoms with Crippen LogP contribution in [0.5, 0.6) is 0 Å². The second-order valence-electron chi connectivity index (χ2n) is 13.0. The zero-order valence-electron chi connectivity index (χ0n) is 19.9. The van der Waals surface area contributed by atoms with Gasteiger partial charge in [-0.25, -0.2) is 0 Å². The molecular weight excluding hydrogens is 414 g/mol. The Morgan fingerprint density at radius 2 is 1.30 bits per heavy atom. The van der Waals surface area contributed by atoms with Gasteiger partial charge in [-0.2, -0.15) is 0 Å². The first-order chi connectivity index (χ1) is 16.0. The van der Waals surface area contributed by atoms with Crippen LogP contribution in [0.25, 0.3) is 0 Å². The van der Waals surface area contributed by atoms with Gasteiger partial charge in [0.1, 0.15) is 0 Å². The van der Waals surface area contributed by atoms with Gasteiger partial charge in [0.2, 0.25) is 17.7 Å². The van der Waals surface area contributed by atoms with Gasteiger partial charge in [-0.3, -0.25) is 24.2 Å². The van der Waals surface area contributed by atoms with E-state index in [1.54, 1.807) is 4.90 Å². The van der Waals surface area contributed by atoms with Crippen LogP contribution >= 0.6 is 0 Å². The van der Waals surface area contributed by atoms with E-state index in [4.69, 9.17) is 0 Å². The average molecular weight is 454 g/mol. The van der Waals surface area contributed by atoms with Gasteiger partial charge in [0, 0.05) is 45.7 Å². The lowest BCUT2D eigenvalue weighted by molar-refractivity contribution is -0.141. The minimum atomic E-state index is -0.00435. The Hall–Kier alpha value is -1.43. The zero-order chi connectivity index (χ0) is 22.3. The molecule has 6 saturated carbocycles. The summed E-state index contributed by atoms with van der Waals surface area (Å²) in [5.74, 6) is 4.21. The van der Waals surface area contributed by atoms with Crippen molar-refractivity contribution in [3.05, 3.63) is 0 Å². The number of piperazine rings is 1. The van der Waals surface area contributed by atoms with Crippen molar-refractivity contribution in [2.24, 2.45) is 46.8 Å². The smallest absolute Gasteiger partial charge is 0.233 e. The third-order valence-corrected chi connectivity index (χ3v) is 11.1. The number of carbonyl (C=O) groups excluding carboxylic acids is 3. The fourth-order valence-electron chi connectivity index (χ4n) is 10.1. The maximum absolute atomic E-state index is 13.2. The number of hydrogen-bond donors (Lipinski definition) is 0. The summed E-state index contributed by atoms with van der Waals surface area (Å²) < 4.78 is 0. The second kappa shape index (κ2) is 7.53. The maximum atomic E-state index is 13.2. The van der Waals surface area contributed by atoms with Crippen molar-refractivity contribution < 1.29 is 14.4 Å². The number of nitrogens with zero attached hydrogens (tertiary/aromatic N) is 3. The summed E-state index contributed by atoms with van der Waals surface area (Å²) in [5, 5.41) is 0. The highest BCUT2D eigenvalue weighted by molar-refractivity contribution is 6.06. The minimum Gasteiger partial charge on any atom is -0.340 e. The average Bonchev–Trinajstić information content (AvgIpc) is 3.46. The van der Waals surface area contributed by atoms with Gasteiger partial charge in [-0.05, 0) is 92.8 Å². The lowest BCUT2D eigenvalue weighted by atomic mass is 9.49. The topological polar surface area (TPSA) is 60.9 Å². The lowest BCUT2D eigenvalue weighted by Crippen LogP contribution is -2.53. The molecule has 0 unspecified atom stereocenters. The summed E-state index contributed by atoms with van der Waals surface area (Å²) in [5.41, 5.74) is 0.316. The van der Waals surface area contributed by atoms with E-state index < -0.39 is 0 Å². The molecule has 3 amide bonds. The Labute approximate surface area is 197 Å². The molecule has 33 heavy (non-hydrogen) atoms. The van der Waals surface area contributed by atoms with Crippen LogP contribution in [0.1, 0.15) is 64.2 Å². The molecule has 4 atom stereocenters. The van der Waals surface area contributed by atoms with Gasteiger partial charge in [0.25, 0.3) is 0 Å². The number of hydrogen-bond acceptors (Lipinski definition) is 4. The fraction of sp³-hybridized carbons (Fsp3) is 0.889. The molecule has 6 heteroatoms. The first-order valence-electron chi connectivity index (χ1n) is 13.8. The molecule has 0 N–H and O–H groups in total. The van der Waals surface area contributed by atoms with Crippen molar-refractivity contribution >= 4 is 17.7 Å². The van der Waals surface area contributed by atoms with Gasteiger partial charge in [0.05, 0.1) is 11.8 Å². The van der Waals surface area contributed by atoms with Crippen LogP contribution in [0.2, 0.25) is 0 Å². The van der Waals surface area contributed by atoms with E-state index in [-0.39, 0.29) is 23.7 Å². The molecule has 0 radical (unpaired) electrons. The van der Waals surface area contributed by atoms with Crippen LogP contribution < -0.4 is 0 Å². The van der Waals surface area contributed by atoms with E-state index in [0.29, 0.717) is 29.7 Å². The van der Waals surface area contributed by atoms with Crippen molar-refractivity contribution in [2.75, 3.05) is 39.3 Å². The molecule has 2 heterocycles. The molecule has 2 saturated heterocycles. The Morgan fingerprint density at radius 3 is 1.85 bits per heavy atom. The van der Waals surface area contributed by atoms with E-state index in [0.717, 1.165) is 76.2 Å². The van der Waals surface area contributed by atoms with Gasteiger partial charge < -0.3 is 4.90 Å². The van der Waals surface area contributed by atoms with Crippen molar-refractivity contribution in [1.82, 2.24) is 14.7 Å². The number of fused-ring (bicyclic) bond motifs is 5. The van der Waals surface area contributed by atoms with Gasteiger partial charge in [0.15, 0.2) is 0 Å². The van der Waals surface area contributed by atoms with E-state index in [2.05, 4.69) is 9.80 Å². The maximum Gasteiger partial charge on any atom is 0.233 e. The van der Waals surface area contributed by atoms with E-state index >= 15 is 0 Å². The van der Waals surface area contributed by atoms with Crippen LogP contribution in [0, 0.1) is 46.8 Å². The highest BCUT2D eigenvalue weighted by Crippen LogP contribution is 2.61. The molecule has 8 aliphatic rings. The molecule has 6 bridgehead atoms. The monoisotopic (exact) mass is 453 g/mol. The Balaban J connectivity index is 0.905. The number of amides is 3. The van der Waals surface area contributed by atoms with Crippen LogP contribution in [0.3, 0.4) is 0 Å². The summed E-state index contributed by atoms with van der Waals surface area (Å²) in [4.78, 5) is 45.1. The van der Waals surface area contributed by atoms with Crippen molar-refractivity contribution in [3.8, 4) is 0 Å². The molecule has 6 nitrogen and oxygen atoms in total. The van der Waals surface area contributed by atoms with Gasteiger partial charge >= 0.3 is 0 Å². The van der Waals surface area contributed by atoms with Crippen molar-refractivity contribution in [3.63, 3.8) is 0 Å². The largest absolute Gasteiger partial charge is 0.340 e. The number of carbonyl (C=O) groups is 3. The summed E-state index contributed by atoms with van der Waals surface area (Å²) in [6, 6.07) is 0. The Bertz CT molecular complexity index is 799. The van der Waals surface area contributed by atoms with Crippen LogP contribution in [0.15, 0.2) is 0 Å². The van der Waals surface area contributed by atoms with Crippen LogP contribution in [-0.2, 0) is 14.4 Å². The lowest BCUT2D eigenvalue weighted by Gasteiger charge is -2.57. The molecule has 180 valence electrons.